The van der Waals surface area contributed by atoms with Crippen molar-refractivity contribution in [1.29, 1.82) is 0 Å². The summed E-state index contributed by atoms with van der Waals surface area (Å²) in [5, 5.41) is 0. The summed E-state index contributed by atoms with van der Waals surface area (Å²) in [5.41, 5.74) is 0.661. The van der Waals surface area contributed by atoms with Crippen LogP contribution in [0.2, 0.25) is 0 Å². The van der Waals surface area contributed by atoms with Gasteiger partial charge in [-0.05, 0) is 36.3 Å². The lowest BCUT2D eigenvalue weighted by Gasteiger charge is -2.27. The highest BCUT2D eigenvalue weighted by molar-refractivity contribution is 5.18. The van der Waals surface area contributed by atoms with Gasteiger partial charge in [-0.3, -0.25) is 0 Å². The molecular weight excluding hydrogens is 230 g/mol. The Morgan fingerprint density at radius 2 is 1.72 bits per heavy atom. The molecule has 1 aromatic rings. The molecule has 1 aliphatic rings. The maximum absolute atomic E-state index is 13.5. The van der Waals surface area contributed by atoms with Crippen LogP contribution in [0.5, 0.6) is 0 Å². The summed E-state index contributed by atoms with van der Waals surface area (Å²) in [5.74, 6) is 0.762. The van der Waals surface area contributed by atoms with Gasteiger partial charge in [0.2, 0.25) is 0 Å². The second kappa shape index (κ2) is 6.31. The smallest absolute Gasteiger partial charge is 0.129 e. The lowest BCUT2D eigenvalue weighted by molar-refractivity contribution is 0.258. The lowest BCUT2D eigenvalue weighted by atomic mass is 9.78. The number of rotatable bonds is 4. The van der Waals surface area contributed by atoms with Crippen molar-refractivity contribution in [3.8, 4) is 0 Å². The van der Waals surface area contributed by atoms with Crippen LogP contribution in [0.4, 0.5) is 8.78 Å². The first-order chi connectivity index (χ1) is 8.69. The van der Waals surface area contributed by atoms with Crippen molar-refractivity contribution >= 4 is 0 Å². The van der Waals surface area contributed by atoms with Gasteiger partial charge in [-0.25, -0.2) is 8.78 Å². The van der Waals surface area contributed by atoms with Crippen molar-refractivity contribution in [3.05, 3.63) is 35.4 Å². The summed E-state index contributed by atoms with van der Waals surface area (Å²) in [7, 11) is 0. The molecule has 1 saturated carbocycles. The minimum Gasteiger partial charge on any atom is -0.207 e. The zero-order valence-electron chi connectivity index (χ0n) is 11.1. The van der Waals surface area contributed by atoms with Crippen LogP contribution in [0.25, 0.3) is 0 Å². The molecule has 2 rings (SSSR count). The van der Waals surface area contributed by atoms with Gasteiger partial charge in [-0.2, -0.15) is 0 Å². The van der Waals surface area contributed by atoms with Gasteiger partial charge in [0.05, 0.1) is 0 Å². The van der Waals surface area contributed by atoms with Crippen molar-refractivity contribution in [2.24, 2.45) is 11.8 Å². The van der Waals surface area contributed by atoms with Gasteiger partial charge < -0.3 is 0 Å². The van der Waals surface area contributed by atoms with Crippen molar-refractivity contribution in [2.45, 2.75) is 51.9 Å². The highest BCUT2D eigenvalue weighted by Gasteiger charge is 2.20. The van der Waals surface area contributed by atoms with Crippen LogP contribution >= 0.6 is 0 Å². The number of hydrogen-bond acceptors (Lipinski definition) is 0. The normalized spacial score (nSPS) is 24.2. The molecule has 0 bridgehead atoms. The predicted molar refractivity (Wildman–Crippen MR) is 70.4 cm³/mol. The van der Waals surface area contributed by atoms with E-state index >= 15 is 0 Å². The van der Waals surface area contributed by atoms with Crippen molar-refractivity contribution in [2.75, 3.05) is 0 Å². The Morgan fingerprint density at radius 1 is 1.06 bits per heavy atom. The summed E-state index contributed by atoms with van der Waals surface area (Å²) < 4.78 is 26.3. The van der Waals surface area contributed by atoms with Gasteiger partial charge >= 0.3 is 0 Å². The molecule has 1 fully saturated rings. The van der Waals surface area contributed by atoms with Gasteiger partial charge in [-0.15, -0.1) is 0 Å². The van der Waals surface area contributed by atoms with Gasteiger partial charge in [0.15, 0.2) is 0 Å². The molecule has 18 heavy (non-hydrogen) atoms. The summed E-state index contributed by atoms with van der Waals surface area (Å²) in [4.78, 5) is 0. The highest BCUT2D eigenvalue weighted by atomic mass is 19.1. The molecule has 0 aromatic heterocycles. The molecule has 0 amide bonds. The van der Waals surface area contributed by atoms with E-state index in [-0.39, 0.29) is 0 Å². The summed E-state index contributed by atoms with van der Waals surface area (Å²) in [6.45, 7) is 2.26. The first-order valence-corrected chi connectivity index (χ1v) is 7.13. The Labute approximate surface area is 108 Å². The van der Waals surface area contributed by atoms with E-state index in [0.717, 1.165) is 30.7 Å². The van der Waals surface area contributed by atoms with E-state index in [4.69, 9.17) is 0 Å². The predicted octanol–water partition coefficient (Wildman–Crippen LogP) is 5.11. The highest BCUT2D eigenvalue weighted by Crippen LogP contribution is 2.33. The first-order valence-electron chi connectivity index (χ1n) is 7.13. The van der Waals surface area contributed by atoms with E-state index < -0.39 is 11.6 Å². The molecule has 100 valence electrons. The number of hydrogen-bond donors (Lipinski definition) is 0. The average molecular weight is 252 g/mol. The molecule has 2 heteroatoms. The molecule has 0 spiro atoms. The maximum Gasteiger partial charge on any atom is 0.129 e. The molecule has 0 heterocycles. The van der Waals surface area contributed by atoms with Crippen LogP contribution in [0.3, 0.4) is 0 Å². The largest absolute Gasteiger partial charge is 0.207 e. The first kappa shape index (κ1) is 13.5. The van der Waals surface area contributed by atoms with Crippen LogP contribution in [0.15, 0.2) is 18.2 Å². The number of benzene rings is 1. The Balaban J connectivity index is 1.81. The summed E-state index contributed by atoms with van der Waals surface area (Å²) in [6, 6.07) is 3.93. The molecule has 0 unspecified atom stereocenters. The van der Waals surface area contributed by atoms with E-state index in [9.17, 15) is 8.78 Å². The average Bonchev–Trinajstić information content (AvgIpc) is 2.38. The molecule has 0 radical (unpaired) electrons. The van der Waals surface area contributed by atoms with E-state index in [0.29, 0.717) is 5.56 Å². The van der Waals surface area contributed by atoms with Crippen molar-refractivity contribution < 1.29 is 8.78 Å². The molecule has 0 aliphatic heterocycles. The maximum atomic E-state index is 13.5. The molecule has 0 saturated heterocycles. The molecular formula is C16H22F2. The standard InChI is InChI=1S/C16H22F2/c1-2-12-3-5-13(6-4-12)7-8-14-9-10-15(17)11-16(14)18/h9-13H,2-8H2,1H3. The Hall–Kier alpha value is -0.920. The third kappa shape index (κ3) is 3.54. The van der Waals surface area contributed by atoms with E-state index in [1.54, 1.807) is 6.07 Å². The Kier molecular flexibility index (Phi) is 4.73. The summed E-state index contributed by atoms with van der Waals surface area (Å²) >= 11 is 0. The van der Waals surface area contributed by atoms with Crippen LogP contribution in [0, 0.1) is 23.5 Å². The fourth-order valence-electron chi connectivity index (χ4n) is 3.01. The minimum absolute atomic E-state index is 0.391. The molecule has 0 N–H and O–H groups in total. The van der Waals surface area contributed by atoms with Gasteiger partial charge in [0.25, 0.3) is 0 Å². The SMILES string of the molecule is CCC1CCC(CCc2ccc(F)cc2F)CC1. The molecule has 1 aromatic carbocycles. The van der Waals surface area contributed by atoms with Crippen molar-refractivity contribution in [1.82, 2.24) is 0 Å². The topological polar surface area (TPSA) is 0 Å². The van der Waals surface area contributed by atoms with Gasteiger partial charge in [0, 0.05) is 6.07 Å². The quantitative estimate of drug-likeness (QED) is 0.698. The zero-order chi connectivity index (χ0) is 13.0. The van der Waals surface area contributed by atoms with Crippen LogP contribution in [0.1, 0.15) is 51.0 Å². The number of halogens is 2. The zero-order valence-corrected chi connectivity index (χ0v) is 11.1. The van der Waals surface area contributed by atoms with Crippen LogP contribution in [-0.4, -0.2) is 0 Å². The monoisotopic (exact) mass is 252 g/mol. The van der Waals surface area contributed by atoms with Crippen molar-refractivity contribution in [3.63, 3.8) is 0 Å². The van der Waals surface area contributed by atoms with Crippen LogP contribution in [-0.2, 0) is 6.42 Å². The minimum atomic E-state index is -0.486. The van der Waals surface area contributed by atoms with Gasteiger partial charge in [0.1, 0.15) is 11.6 Å². The van der Waals surface area contributed by atoms with Crippen LogP contribution < -0.4 is 0 Å². The lowest BCUT2D eigenvalue weighted by Crippen LogP contribution is -2.14. The third-order valence-corrected chi connectivity index (χ3v) is 4.38. The second-order valence-electron chi connectivity index (χ2n) is 5.57. The fraction of sp³-hybridized carbons (Fsp3) is 0.625. The molecule has 0 nitrogen and oxygen atoms in total. The third-order valence-electron chi connectivity index (χ3n) is 4.38. The second-order valence-corrected chi connectivity index (χ2v) is 5.57. The van der Waals surface area contributed by atoms with E-state index in [2.05, 4.69) is 6.92 Å². The fourth-order valence-corrected chi connectivity index (χ4v) is 3.01. The molecule has 1 aliphatic carbocycles. The van der Waals surface area contributed by atoms with Gasteiger partial charge in [-0.1, -0.05) is 45.1 Å². The van der Waals surface area contributed by atoms with E-state index in [1.165, 1.54) is 38.2 Å². The Bertz CT molecular complexity index is 379. The van der Waals surface area contributed by atoms with E-state index in [1.807, 2.05) is 0 Å². The Morgan fingerprint density at radius 3 is 2.33 bits per heavy atom. The summed E-state index contributed by atoms with van der Waals surface area (Å²) in [6.07, 6.45) is 8.29. The number of aryl methyl sites for hydroxylation is 1. The molecule has 0 atom stereocenters.